The van der Waals surface area contributed by atoms with Gasteiger partial charge in [0, 0.05) is 11.5 Å². The maximum Gasteiger partial charge on any atom is 0.205 e. The molecule has 0 aliphatic carbocycles. The highest BCUT2D eigenvalue weighted by Gasteiger charge is 2.15. The number of hydrogen-bond acceptors (Lipinski definition) is 4. The van der Waals surface area contributed by atoms with Crippen molar-refractivity contribution in [2.24, 2.45) is 0 Å². The van der Waals surface area contributed by atoms with Gasteiger partial charge in [-0.15, -0.1) is 0 Å². The van der Waals surface area contributed by atoms with Gasteiger partial charge in [0.15, 0.2) is 11.5 Å². The van der Waals surface area contributed by atoms with Crippen LogP contribution < -0.4 is 0 Å². The first-order chi connectivity index (χ1) is 11.1. The predicted octanol–water partition coefficient (Wildman–Crippen LogP) is 3.99. The zero-order valence-corrected chi connectivity index (χ0v) is 12.2. The van der Waals surface area contributed by atoms with Gasteiger partial charge < -0.3 is 9.52 Å². The third-order valence-corrected chi connectivity index (χ3v) is 3.37. The highest BCUT2D eigenvalue weighted by atomic mass is 16.3. The van der Waals surface area contributed by atoms with Gasteiger partial charge in [0.2, 0.25) is 5.78 Å². The highest BCUT2D eigenvalue weighted by molar-refractivity contribution is 6.12. The van der Waals surface area contributed by atoms with Crippen molar-refractivity contribution in [3.05, 3.63) is 72.0 Å². The summed E-state index contributed by atoms with van der Waals surface area (Å²) in [6.07, 6.45) is 2.81. The normalized spacial score (nSPS) is 11.1. The number of furan rings is 1. The van der Waals surface area contributed by atoms with E-state index in [4.69, 9.17) is 4.42 Å². The Morgan fingerprint density at radius 1 is 1.04 bits per heavy atom. The summed E-state index contributed by atoms with van der Waals surface area (Å²) in [6.45, 7) is 0. The molecule has 4 heteroatoms. The van der Waals surface area contributed by atoms with Crippen LogP contribution in [0, 0.1) is 0 Å². The number of Topliss-reactive ketones (excluding diaryl/α,β-unsaturated/α-hetero) is 1. The number of carbonyl (C=O) groups is 2. The standard InChI is InChI=1S/C19H14O4/c20-15(8-6-13-4-2-1-3-5-13)11-17(22)19-10-14-7-9-16(21)12-18(14)23-19/h1-10,12,21H,11H2. The van der Waals surface area contributed by atoms with Gasteiger partial charge in [0.05, 0.1) is 6.42 Å². The van der Waals surface area contributed by atoms with Crippen LogP contribution in [0.4, 0.5) is 0 Å². The Hall–Kier alpha value is -3.14. The van der Waals surface area contributed by atoms with Gasteiger partial charge in [-0.25, -0.2) is 0 Å². The maximum atomic E-state index is 12.1. The Morgan fingerprint density at radius 3 is 2.61 bits per heavy atom. The van der Waals surface area contributed by atoms with Gasteiger partial charge in [0.1, 0.15) is 11.3 Å². The molecule has 0 saturated carbocycles. The molecular formula is C19H14O4. The first-order valence-electron chi connectivity index (χ1n) is 7.13. The van der Waals surface area contributed by atoms with E-state index in [1.54, 1.807) is 18.2 Å². The lowest BCUT2D eigenvalue weighted by atomic mass is 10.1. The fourth-order valence-electron chi connectivity index (χ4n) is 2.21. The van der Waals surface area contributed by atoms with Gasteiger partial charge in [-0.1, -0.05) is 36.4 Å². The summed E-state index contributed by atoms with van der Waals surface area (Å²) < 4.78 is 5.39. The zero-order valence-electron chi connectivity index (χ0n) is 12.2. The fourth-order valence-corrected chi connectivity index (χ4v) is 2.21. The van der Waals surface area contributed by atoms with Crippen molar-refractivity contribution in [3.63, 3.8) is 0 Å². The molecule has 0 fully saturated rings. The van der Waals surface area contributed by atoms with Gasteiger partial charge in [-0.2, -0.15) is 0 Å². The number of phenolic OH excluding ortho intramolecular Hbond substituents is 1. The quantitative estimate of drug-likeness (QED) is 0.439. The molecule has 1 heterocycles. The van der Waals surface area contributed by atoms with Crippen molar-refractivity contribution >= 4 is 28.6 Å². The Labute approximate surface area is 132 Å². The van der Waals surface area contributed by atoms with E-state index in [1.165, 1.54) is 18.2 Å². The molecule has 0 spiro atoms. The van der Waals surface area contributed by atoms with E-state index in [1.807, 2.05) is 30.3 Å². The summed E-state index contributed by atoms with van der Waals surface area (Å²) in [6, 6.07) is 15.6. The average molecular weight is 306 g/mol. The predicted molar refractivity (Wildman–Crippen MR) is 87.3 cm³/mol. The van der Waals surface area contributed by atoms with Crippen LogP contribution in [0.25, 0.3) is 17.0 Å². The molecule has 3 rings (SSSR count). The van der Waals surface area contributed by atoms with E-state index in [0.717, 1.165) is 5.56 Å². The minimum absolute atomic E-state index is 0.0627. The minimum atomic E-state index is -0.386. The second-order valence-electron chi connectivity index (χ2n) is 5.14. The van der Waals surface area contributed by atoms with Crippen molar-refractivity contribution in [2.75, 3.05) is 0 Å². The van der Waals surface area contributed by atoms with Gasteiger partial charge in [0.25, 0.3) is 0 Å². The SMILES string of the molecule is O=C(C=Cc1ccccc1)CC(=O)c1cc2ccc(O)cc2o1. The summed E-state index contributed by atoms with van der Waals surface area (Å²) in [4.78, 5) is 24.0. The van der Waals surface area contributed by atoms with Crippen molar-refractivity contribution in [1.82, 2.24) is 0 Å². The second kappa shape index (κ2) is 6.32. The van der Waals surface area contributed by atoms with Gasteiger partial charge in [-0.05, 0) is 29.8 Å². The smallest absolute Gasteiger partial charge is 0.205 e. The van der Waals surface area contributed by atoms with Crippen LogP contribution in [0.1, 0.15) is 22.5 Å². The lowest BCUT2D eigenvalue weighted by Gasteiger charge is -1.94. The number of carbonyl (C=O) groups excluding carboxylic acids is 2. The summed E-state index contributed by atoms with van der Waals surface area (Å²) in [5, 5.41) is 10.1. The molecule has 0 aliphatic heterocycles. The molecule has 4 nitrogen and oxygen atoms in total. The van der Waals surface area contributed by atoms with Crippen LogP contribution in [0.15, 0.2) is 65.1 Å². The number of ketones is 2. The van der Waals surface area contributed by atoms with Crippen molar-refractivity contribution in [1.29, 1.82) is 0 Å². The van der Waals surface area contributed by atoms with Crippen LogP contribution in [0.2, 0.25) is 0 Å². The molecule has 1 aromatic heterocycles. The fraction of sp³-hybridized carbons (Fsp3) is 0.0526. The van der Waals surface area contributed by atoms with E-state index >= 15 is 0 Å². The largest absolute Gasteiger partial charge is 0.508 e. The zero-order chi connectivity index (χ0) is 16.2. The molecule has 2 aromatic carbocycles. The molecule has 114 valence electrons. The molecule has 0 amide bonds. The van der Waals surface area contributed by atoms with Crippen molar-refractivity contribution in [2.45, 2.75) is 6.42 Å². The molecule has 0 radical (unpaired) electrons. The summed E-state index contributed by atoms with van der Waals surface area (Å²) in [5.41, 5.74) is 1.31. The number of fused-ring (bicyclic) bond motifs is 1. The number of benzene rings is 2. The molecule has 0 saturated heterocycles. The monoisotopic (exact) mass is 306 g/mol. The Bertz CT molecular complexity index is 888. The summed E-state index contributed by atoms with van der Waals surface area (Å²) in [7, 11) is 0. The van der Waals surface area contributed by atoms with Crippen molar-refractivity contribution in [3.8, 4) is 5.75 Å². The summed E-state index contributed by atoms with van der Waals surface area (Å²) >= 11 is 0. The van der Waals surface area contributed by atoms with Crippen molar-refractivity contribution < 1.29 is 19.1 Å². The molecule has 1 N–H and O–H groups in total. The lowest BCUT2D eigenvalue weighted by Crippen LogP contribution is -2.04. The molecule has 0 unspecified atom stereocenters. The Kier molecular flexibility index (Phi) is 4.06. The van der Waals surface area contributed by atoms with E-state index in [2.05, 4.69) is 0 Å². The van der Waals surface area contributed by atoms with Gasteiger partial charge in [-0.3, -0.25) is 9.59 Å². The molecule has 3 aromatic rings. The number of hydrogen-bond donors (Lipinski definition) is 1. The topological polar surface area (TPSA) is 67.5 Å². The van der Waals surface area contributed by atoms with E-state index in [-0.39, 0.29) is 29.5 Å². The van der Waals surface area contributed by atoms with Gasteiger partial charge >= 0.3 is 0 Å². The number of allylic oxidation sites excluding steroid dienone is 1. The average Bonchev–Trinajstić information content (AvgIpc) is 2.97. The first kappa shape index (κ1) is 14.8. The van der Waals surface area contributed by atoms with Crippen LogP contribution >= 0.6 is 0 Å². The molecule has 0 bridgehead atoms. The third kappa shape index (κ3) is 3.55. The van der Waals surface area contributed by atoms with Crippen LogP contribution in [-0.4, -0.2) is 16.7 Å². The molecule has 0 atom stereocenters. The van der Waals surface area contributed by atoms with Crippen LogP contribution in [0.5, 0.6) is 5.75 Å². The first-order valence-corrected chi connectivity index (χ1v) is 7.13. The molecular weight excluding hydrogens is 292 g/mol. The highest BCUT2D eigenvalue weighted by Crippen LogP contribution is 2.24. The Balaban J connectivity index is 1.70. The van der Waals surface area contributed by atoms with Crippen LogP contribution in [0.3, 0.4) is 0 Å². The number of rotatable bonds is 5. The Morgan fingerprint density at radius 2 is 1.83 bits per heavy atom. The molecule has 0 aliphatic rings. The number of phenols is 1. The number of aromatic hydroxyl groups is 1. The minimum Gasteiger partial charge on any atom is -0.508 e. The van der Waals surface area contributed by atoms with E-state index < -0.39 is 0 Å². The van der Waals surface area contributed by atoms with Crippen LogP contribution in [-0.2, 0) is 4.79 Å². The van der Waals surface area contributed by atoms with E-state index in [9.17, 15) is 14.7 Å². The molecule has 23 heavy (non-hydrogen) atoms. The van der Waals surface area contributed by atoms with E-state index in [0.29, 0.717) is 11.0 Å². The maximum absolute atomic E-state index is 12.1. The summed E-state index contributed by atoms with van der Waals surface area (Å²) in [5.74, 6) is -0.495. The lowest BCUT2D eigenvalue weighted by molar-refractivity contribution is -0.113. The third-order valence-electron chi connectivity index (χ3n) is 3.37. The second-order valence-corrected chi connectivity index (χ2v) is 5.14.